The van der Waals surface area contributed by atoms with Gasteiger partial charge in [0.25, 0.3) is 5.56 Å². The molecule has 0 saturated carbocycles. The Morgan fingerprint density at radius 1 is 1.12 bits per heavy atom. The molecule has 0 aliphatic rings. The zero-order chi connectivity index (χ0) is 22.8. The van der Waals surface area contributed by atoms with Gasteiger partial charge in [-0.1, -0.05) is 57.5 Å². The van der Waals surface area contributed by atoms with E-state index in [1.165, 1.54) is 16.3 Å². The Bertz CT molecular complexity index is 1410. The first kappa shape index (κ1) is 23.0. The number of anilines is 1. The van der Waals surface area contributed by atoms with Crippen molar-refractivity contribution in [2.24, 2.45) is 0 Å². The van der Waals surface area contributed by atoms with Crippen molar-refractivity contribution in [2.75, 3.05) is 11.1 Å². The van der Waals surface area contributed by atoms with E-state index in [1.807, 2.05) is 37.3 Å². The normalized spacial score (nSPS) is 11.0. The summed E-state index contributed by atoms with van der Waals surface area (Å²) in [6.45, 7) is 1.90. The highest BCUT2D eigenvalue weighted by Gasteiger charge is 2.16. The van der Waals surface area contributed by atoms with Gasteiger partial charge >= 0.3 is 0 Å². The minimum absolute atomic E-state index is 0.0763. The van der Waals surface area contributed by atoms with E-state index in [9.17, 15) is 9.59 Å². The van der Waals surface area contributed by atoms with Gasteiger partial charge in [0.2, 0.25) is 5.91 Å². The van der Waals surface area contributed by atoms with Crippen LogP contribution in [0.1, 0.15) is 5.56 Å². The molecular formula is C23H16Br2ClN3O2S. The van der Waals surface area contributed by atoms with Crippen LogP contribution in [0.15, 0.2) is 79.6 Å². The number of carbonyl (C=O) groups excluding carboxylic acids is 1. The molecule has 9 heteroatoms. The van der Waals surface area contributed by atoms with Crippen LogP contribution in [0.5, 0.6) is 0 Å². The molecule has 162 valence electrons. The summed E-state index contributed by atoms with van der Waals surface area (Å²) in [5.41, 5.74) is 2.53. The number of hydrogen-bond donors (Lipinski definition) is 1. The number of fused-ring (bicyclic) bond motifs is 1. The number of amides is 1. The van der Waals surface area contributed by atoms with Gasteiger partial charge in [-0.05, 0) is 70.9 Å². The van der Waals surface area contributed by atoms with Crippen LogP contribution in [-0.4, -0.2) is 21.2 Å². The molecule has 0 aliphatic carbocycles. The quantitative estimate of drug-likeness (QED) is 0.209. The van der Waals surface area contributed by atoms with E-state index >= 15 is 0 Å². The first-order valence-electron chi connectivity index (χ1n) is 9.49. The smallest absolute Gasteiger partial charge is 0.266 e. The third kappa shape index (κ3) is 4.93. The van der Waals surface area contributed by atoms with Crippen LogP contribution in [0.3, 0.4) is 0 Å². The molecule has 4 aromatic rings. The Kier molecular flexibility index (Phi) is 7.05. The second-order valence-corrected chi connectivity index (χ2v) is 10.1. The molecule has 0 aliphatic heterocycles. The van der Waals surface area contributed by atoms with Gasteiger partial charge in [0, 0.05) is 14.0 Å². The van der Waals surface area contributed by atoms with Crippen LogP contribution in [0, 0.1) is 6.92 Å². The molecule has 4 rings (SSSR count). The largest absolute Gasteiger partial charge is 0.324 e. The topological polar surface area (TPSA) is 64.0 Å². The number of carbonyl (C=O) groups is 1. The molecule has 0 bridgehead atoms. The van der Waals surface area contributed by atoms with Gasteiger partial charge in [0.15, 0.2) is 5.16 Å². The summed E-state index contributed by atoms with van der Waals surface area (Å²) < 4.78 is 3.17. The van der Waals surface area contributed by atoms with Gasteiger partial charge in [-0.15, -0.1) is 0 Å². The number of nitrogens with one attached hydrogen (secondary N) is 1. The fourth-order valence-corrected chi connectivity index (χ4v) is 5.20. The summed E-state index contributed by atoms with van der Waals surface area (Å²) in [6.07, 6.45) is 0. The summed E-state index contributed by atoms with van der Waals surface area (Å²) in [5.74, 6) is -0.138. The molecule has 1 heterocycles. The van der Waals surface area contributed by atoms with Crippen molar-refractivity contribution in [3.8, 4) is 5.69 Å². The molecule has 3 aromatic carbocycles. The SMILES string of the molecule is Cc1ccc(-n2c(SCC(=O)Nc3ccc(Br)cc3Br)nc3ccccc3c2=O)cc1Cl. The molecule has 32 heavy (non-hydrogen) atoms. The summed E-state index contributed by atoms with van der Waals surface area (Å²) >= 11 is 14.3. The number of aryl methyl sites for hydroxylation is 1. The fraction of sp³-hybridized carbons (Fsp3) is 0.0870. The third-order valence-corrected chi connectivity index (χ3v) is 7.19. The number of benzene rings is 3. The number of halogens is 3. The zero-order valence-electron chi connectivity index (χ0n) is 16.7. The summed E-state index contributed by atoms with van der Waals surface area (Å²) in [4.78, 5) is 30.6. The number of hydrogen-bond acceptors (Lipinski definition) is 4. The predicted octanol–water partition coefficient (Wildman–Crippen LogP) is 6.60. The minimum Gasteiger partial charge on any atom is -0.324 e. The van der Waals surface area contributed by atoms with Crippen LogP contribution < -0.4 is 10.9 Å². The summed E-state index contributed by atoms with van der Waals surface area (Å²) in [7, 11) is 0. The standard InChI is InChI=1S/C23H16Br2ClN3O2S/c1-13-6-8-15(11-18(13)26)29-22(31)16-4-2-3-5-19(16)28-23(29)32-12-21(30)27-20-9-7-14(24)10-17(20)25/h2-11H,12H2,1H3,(H,27,30). The lowest BCUT2D eigenvalue weighted by Gasteiger charge is -2.14. The van der Waals surface area contributed by atoms with Gasteiger partial charge < -0.3 is 5.32 Å². The molecular weight excluding hydrogens is 578 g/mol. The van der Waals surface area contributed by atoms with Crippen molar-refractivity contribution in [1.29, 1.82) is 0 Å². The average molecular weight is 594 g/mol. The van der Waals surface area contributed by atoms with Crippen LogP contribution in [0.4, 0.5) is 5.69 Å². The molecule has 0 atom stereocenters. The van der Waals surface area contributed by atoms with Gasteiger partial charge in [0.05, 0.1) is 28.0 Å². The van der Waals surface area contributed by atoms with E-state index in [1.54, 1.807) is 30.3 Å². The third-order valence-electron chi connectivity index (χ3n) is 4.70. The van der Waals surface area contributed by atoms with Gasteiger partial charge in [-0.2, -0.15) is 0 Å². The molecule has 1 N–H and O–H groups in total. The maximum absolute atomic E-state index is 13.3. The number of rotatable bonds is 5. The van der Waals surface area contributed by atoms with Crippen LogP contribution in [-0.2, 0) is 4.79 Å². The van der Waals surface area contributed by atoms with Crippen molar-refractivity contribution in [2.45, 2.75) is 12.1 Å². The number of para-hydroxylation sites is 1. The van der Waals surface area contributed by atoms with Crippen molar-refractivity contribution < 1.29 is 4.79 Å². The molecule has 0 fully saturated rings. The van der Waals surface area contributed by atoms with E-state index < -0.39 is 0 Å². The lowest BCUT2D eigenvalue weighted by Crippen LogP contribution is -2.23. The zero-order valence-corrected chi connectivity index (χ0v) is 21.5. The average Bonchev–Trinajstić information content (AvgIpc) is 2.76. The lowest BCUT2D eigenvalue weighted by molar-refractivity contribution is -0.113. The van der Waals surface area contributed by atoms with Crippen LogP contribution >= 0.6 is 55.2 Å². The Morgan fingerprint density at radius 3 is 2.66 bits per heavy atom. The van der Waals surface area contributed by atoms with E-state index in [0.717, 1.165) is 14.5 Å². The van der Waals surface area contributed by atoms with Crippen LogP contribution in [0.25, 0.3) is 16.6 Å². The Morgan fingerprint density at radius 2 is 1.91 bits per heavy atom. The molecule has 0 radical (unpaired) electrons. The summed E-state index contributed by atoms with van der Waals surface area (Å²) in [6, 6.07) is 18.1. The number of aromatic nitrogens is 2. The van der Waals surface area contributed by atoms with E-state index in [4.69, 9.17) is 11.6 Å². The Labute approximate surface area is 210 Å². The predicted molar refractivity (Wildman–Crippen MR) is 138 cm³/mol. The van der Waals surface area contributed by atoms with Gasteiger partial charge in [0.1, 0.15) is 0 Å². The highest BCUT2D eigenvalue weighted by atomic mass is 79.9. The maximum Gasteiger partial charge on any atom is 0.266 e. The monoisotopic (exact) mass is 591 g/mol. The van der Waals surface area contributed by atoms with E-state index in [0.29, 0.717) is 32.5 Å². The molecule has 1 aromatic heterocycles. The molecule has 5 nitrogen and oxygen atoms in total. The maximum atomic E-state index is 13.3. The molecule has 1 amide bonds. The highest BCUT2D eigenvalue weighted by Crippen LogP contribution is 2.28. The first-order chi connectivity index (χ1) is 15.3. The lowest BCUT2D eigenvalue weighted by atomic mass is 10.2. The summed E-state index contributed by atoms with van der Waals surface area (Å²) in [5, 5.41) is 4.34. The number of thioether (sulfide) groups is 1. The minimum atomic E-state index is -0.214. The highest BCUT2D eigenvalue weighted by molar-refractivity contribution is 9.11. The van der Waals surface area contributed by atoms with Gasteiger partial charge in [-0.3, -0.25) is 14.2 Å². The van der Waals surface area contributed by atoms with Crippen molar-refractivity contribution in [3.05, 3.63) is 90.5 Å². The van der Waals surface area contributed by atoms with Gasteiger partial charge in [-0.25, -0.2) is 4.98 Å². The molecule has 0 saturated heterocycles. The van der Waals surface area contributed by atoms with Crippen molar-refractivity contribution in [3.63, 3.8) is 0 Å². The Hall–Kier alpha value is -2.13. The van der Waals surface area contributed by atoms with Crippen molar-refractivity contribution in [1.82, 2.24) is 9.55 Å². The fourth-order valence-electron chi connectivity index (χ4n) is 3.06. The first-order valence-corrected chi connectivity index (χ1v) is 12.4. The second kappa shape index (κ2) is 9.79. The van der Waals surface area contributed by atoms with Crippen molar-refractivity contribution >= 4 is 77.7 Å². The van der Waals surface area contributed by atoms with E-state index in [-0.39, 0.29) is 17.2 Å². The number of nitrogens with zero attached hydrogens (tertiary/aromatic N) is 2. The Balaban J connectivity index is 1.68. The molecule has 0 unspecified atom stereocenters. The molecule has 0 spiro atoms. The second-order valence-electron chi connectivity index (χ2n) is 6.95. The van der Waals surface area contributed by atoms with E-state index in [2.05, 4.69) is 42.2 Å². The van der Waals surface area contributed by atoms with Crippen LogP contribution in [0.2, 0.25) is 5.02 Å².